The van der Waals surface area contributed by atoms with Crippen molar-refractivity contribution in [2.24, 2.45) is 11.7 Å². The van der Waals surface area contributed by atoms with Crippen molar-refractivity contribution < 1.29 is 14.0 Å². The second-order valence-electron chi connectivity index (χ2n) is 4.22. The van der Waals surface area contributed by atoms with Crippen molar-refractivity contribution >= 4 is 11.8 Å². The van der Waals surface area contributed by atoms with E-state index in [2.05, 4.69) is 10.9 Å². The smallest absolute Gasteiger partial charge is 0.269 e. The van der Waals surface area contributed by atoms with E-state index in [1.165, 1.54) is 12.1 Å². The fraction of sp³-hybridized carbons (Fsp3) is 0.333. The lowest BCUT2D eigenvalue weighted by atomic mass is 10.1. The molecule has 0 radical (unpaired) electrons. The predicted octanol–water partition coefficient (Wildman–Crippen LogP) is 0.570. The number of nitrogens with two attached hydrogens (primary N) is 1. The van der Waals surface area contributed by atoms with E-state index < -0.39 is 23.7 Å². The zero-order chi connectivity index (χ0) is 13.7. The van der Waals surface area contributed by atoms with Crippen molar-refractivity contribution in [1.82, 2.24) is 10.9 Å². The van der Waals surface area contributed by atoms with Crippen LogP contribution in [-0.2, 0) is 4.79 Å². The van der Waals surface area contributed by atoms with Gasteiger partial charge in [-0.3, -0.25) is 20.4 Å². The van der Waals surface area contributed by atoms with Gasteiger partial charge in [-0.05, 0) is 30.2 Å². The second-order valence-corrected chi connectivity index (χ2v) is 4.22. The summed E-state index contributed by atoms with van der Waals surface area (Å²) in [6, 6.07) is 4.27. The molecule has 2 amide bonds. The molecule has 1 aromatic rings. The van der Waals surface area contributed by atoms with E-state index in [0.29, 0.717) is 0 Å². The molecular formula is C12H16FN3O2. The van der Waals surface area contributed by atoms with Crippen LogP contribution in [0.15, 0.2) is 24.3 Å². The lowest BCUT2D eigenvalue weighted by Crippen LogP contribution is -2.51. The van der Waals surface area contributed by atoms with Crippen molar-refractivity contribution in [3.63, 3.8) is 0 Å². The summed E-state index contributed by atoms with van der Waals surface area (Å²) >= 11 is 0. The Bertz CT molecular complexity index is 431. The molecule has 0 saturated carbocycles. The first-order valence-corrected chi connectivity index (χ1v) is 5.53. The zero-order valence-electron chi connectivity index (χ0n) is 10.2. The van der Waals surface area contributed by atoms with Gasteiger partial charge in [0, 0.05) is 5.56 Å². The van der Waals surface area contributed by atoms with Crippen molar-refractivity contribution in [2.45, 2.75) is 19.9 Å². The summed E-state index contributed by atoms with van der Waals surface area (Å²) in [7, 11) is 0. The third-order valence-corrected chi connectivity index (χ3v) is 2.43. The average Bonchev–Trinajstić information content (AvgIpc) is 2.35. The molecule has 0 aromatic heterocycles. The molecule has 0 aliphatic carbocycles. The van der Waals surface area contributed by atoms with Gasteiger partial charge in [0.2, 0.25) is 0 Å². The van der Waals surface area contributed by atoms with Crippen molar-refractivity contribution in [1.29, 1.82) is 0 Å². The van der Waals surface area contributed by atoms with Crippen LogP contribution in [0.25, 0.3) is 0 Å². The maximum atomic E-state index is 12.6. The van der Waals surface area contributed by atoms with Crippen molar-refractivity contribution in [3.05, 3.63) is 35.6 Å². The fourth-order valence-corrected chi connectivity index (χ4v) is 1.18. The number of hydrazine groups is 1. The molecule has 4 N–H and O–H groups in total. The Hall–Kier alpha value is -1.95. The summed E-state index contributed by atoms with van der Waals surface area (Å²) in [5.74, 6) is -1.47. The van der Waals surface area contributed by atoms with Crippen LogP contribution in [0.2, 0.25) is 0 Å². The van der Waals surface area contributed by atoms with Gasteiger partial charge in [0.15, 0.2) is 0 Å². The largest absolute Gasteiger partial charge is 0.320 e. The molecule has 5 nitrogen and oxygen atoms in total. The Balaban J connectivity index is 2.51. The summed E-state index contributed by atoms with van der Waals surface area (Å²) in [5.41, 5.74) is 10.3. The molecule has 98 valence electrons. The third kappa shape index (κ3) is 3.81. The van der Waals surface area contributed by atoms with Gasteiger partial charge >= 0.3 is 0 Å². The highest BCUT2D eigenvalue weighted by atomic mass is 19.1. The monoisotopic (exact) mass is 253 g/mol. The Morgan fingerprint density at radius 3 is 2.22 bits per heavy atom. The molecule has 18 heavy (non-hydrogen) atoms. The van der Waals surface area contributed by atoms with Crippen LogP contribution in [0.1, 0.15) is 24.2 Å². The highest BCUT2D eigenvalue weighted by Gasteiger charge is 2.17. The Labute approximate surface area is 105 Å². The van der Waals surface area contributed by atoms with Crippen molar-refractivity contribution in [3.8, 4) is 0 Å². The minimum atomic E-state index is -0.696. The Morgan fingerprint density at radius 1 is 1.17 bits per heavy atom. The van der Waals surface area contributed by atoms with Gasteiger partial charge in [0.1, 0.15) is 5.82 Å². The number of rotatable bonds is 3. The summed E-state index contributed by atoms with van der Waals surface area (Å²) < 4.78 is 12.6. The topological polar surface area (TPSA) is 84.2 Å². The third-order valence-electron chi connectivity index (χ3n) is 2.43. The van der Waals surface area contributed by atoms with E-state index in [1.54, 1.807) is 13.8 Å². The Kier molecular flexibility index (Phi) is 4.79. The van der Waals surface area contributed by atoms with E-state index in [1.807, 2.05) is 0 Å². The maximum absolute atomic E-state index is 12.6. The number of halogens is 1. The van der Waals surface area contributed by atoms with Gasteiger partial charge in [-0.15, -0.1) is 0 Å². The van der Waals surface area contributed by atoms with Gasteiger partial charge in [-0.25, -0.2) is 4.39 Å². The van der Waals surface area contributed by atoms with Gasteiger partial charge in [0.25, 0.3) is 11.8 Å². The quantitative estimate of drug-likeness (QED) is 0.688. The van der Waals surface area contributed by atoms with Crippen LogP contribution in [-0.4, -0.2) is 17.9 Å². The Morgan fingerprint density at radius 2 is 1.72 bits per heavy atom. The predicted molar refractivity (Wildman–Crippen MR) is 64.8 cm³/mol. The molecule has 0 saturated heterocycles. The number of hydrogen-bond acceptors (Lipinski definition) is 3. The molecule has 1 aromatic carbocycles. The SMILES string of the molecule is CC(C)C(N)C(=O)NNC(=O)c1ccc(F)cc1. The first kappa shape index (κ1) is 14.1. The van der Waals surface area contributed by atoms with Gasteiger partial charge in [-0.2, -0.15) is 0 Å². The highest BCUT2D eigenvalue weighted by Crippen LogP contribution is 2.02. The average molecular weight is 253 g/mol. The molecular weight excluding hydrogens is 237 g/mol. The molecule has 0 aliphatic rings. The van der Waals surface area contributed by atoms with Crippen LogP contribution >= 0.6 is 0 Å². The van der Waals surface area contributed by atoms with E-state index in [-0.39, 0.29) is 11.5 Å². The maximum Gasteiger partial charge on any atom is 0.269 e. The lowest BCUT2D eigenvalue weighted by molar-refractivity contribution is -0.124. The van der Waals surface area contributed by atoms with E-state index >= 15 is 0 Å². The zero-order valence-corrected chi connectivity index (χ0v) is 10.2. The summed E-state index contributed by atoms with van der Waals surface area (Å²) in [6.45, 7) is 3.60. The molecule has 1 atom stereocenters. The van der Waals surface area contributed by atoms with Crippen molar-refractivity contribution in [2.75, 3.05) is 0 Å². The van der Waals surface area contributed by atoms with Gasteiger partial charge in [0.05, 0.1) is 6.04 Å². The van der Waals surface area contributed by atoms with Crippen LogP contribution in [0.5, 0.6) is 0 Å². The summed E-state index contributed by atoms with van der Waals surface area (Å²) in [4.78, 5) is 23.0. The van der Waals surface area contributed by atoms with Crippen LogP contribution < -0.4 is 16.6 Å². The van der Waals surface area contributed by atoms with E-state index in [9.17, 15) is 14.0 Å². The molecule has 0 spiro atoms. The standard InChI is InChI=1S/C12H16FN3O2/c1-7(2)10(14)12(18)16-15-11(17)8-3-5-9(13)6-4-8/h3-7,10H,14H2,1-2H3,(H,15,17)(H,16,18). The van der Waals surface area contributed by atoms with E-state index in [0.717, 1.165) is 12.1 Å². The summed E-state index contributed by atoms with van der Waals surface area (Å²) in [5, 5.41) is 0. The van der Waals surface area contributed by atoms with Crippen LogP contribution in [0.4, 0.5) is 4.39 Å². The first-order chi connectivity index (χ1) is 8.41. The molecule has 1 unspecified atom stereocenters. The summed E-state index contributed by atoms with van der Waals surface area (Å²) in [6.07, 6.45) is 0. The minimum absolute atomic E-state index is 0.0345. The van der Waals surface area contributed by atoms with Crippen LogP contribution in [0, 0.1) is 11.7 Å². The van der Waals surface area contributed by atoms with Gasteiger partial charge < -0.3 is 5.73 Å². The second kappa shape index (κ2) is 6.11. The fourth-order valence-electron chi connectivity index (χ4n) is 1.18. The number of carbonyl (C=O) groups excluding carboxylic acids is 2. The first-order valence-electron chi connectivity index (χ1n) is 5.53. The van der Waals surface area contributed by atoms with Crippen LogP contribution in [0.3, 0.4) is 0 Å². The molecule has 0 fully saturated rings. The highest BCUT2D eigenvalue weighted by molar-refractivity contribution is 5.95. The molecule has 0 heterocycles. The number of nitrogens with one attached hydrogen (secondary N) is 2. The molecule has 0 bridgehead atoms. The van der Waals surface area contributed by atoms with Gasteiger partial charge in [-0.1, -0.05) is 13.8 Å². The number of benzene rings is 1. The minimum Gasteiger partial charge on any atom is -0.320 e. The molecule has 0 aliphatic heterocycles. The molecule has 1 rings (SSSR count). The van der Waals surface area contributed by atoms with E-state index in [4.69, 9.17) is 5.73 Å². The number of amides is 2. The number of carbonyl (C=O) groups is 2. The normalized spacial score (nSPS) is 12.1. The number of hydrogen-bond donors (Lipinski definition) is 3. The molecule has 6 heteroatoms. The lowest BCUT2D eigenvalue weighted by Gasteiger charge is -2.15.